The molecule has 0 spiro atoms. The molecule has 0 heterocycles. The van der Waals surface area contributed by atoms with Gasteiger partial charge in [-0.25, -0.2) is 8.78 Å². The maximum atomic E-state index is 12.9. The van der Waals surface area contributed by atoms with Crippen LogP contribution in [0.1, 0.15) is 0 Å². The molecule has 7 heteroatoms. The molecule has 84 valence electrons. The molecule has 1 rings (SSSR count). The molecular formula is C8H5F5O2. The molecule has 0 aliphatic heterocycles. The normalized spacial score (nSPS) is 11.3. The zero-order valence-corrected chi connectivity index (χ0v) is 7.36. The maximum absolute atomic E-state index is 12.9. The van der Waals surface area contributed by atoms with Crippen LogP contribution in [-0.2, 0) is 0 Å². The molecule has 0 N–H and O–H groups in total. The Balaban J connectivity index is 3.09. The maximum Gasteiger partial charge on any atom is 0.573 e. The molecule has 0 fully saturated rings. The number of rotatable bonds is 2. The molecule has 0 saturated heterocycles. The van der Waals surface area contributed by atoms with Gasteiger partial charge in [0.2, 0.25) is 5.75 Å². The molecule has 0 aliphatic carbocycles. The van der Waals surface area contributed by atoms with Crippen LogP contribution in [0.25, 0.3) is 0 Å². The van der Waals surface area contributed by atoms with E-state index in [4.69, 9.17) is 0 Å². The van der Waals surface area contributed by atoms with Gasteiger partial charge in [-0.2, -0.15) is 0 Å². The number of ether oxygens (including phenoxy) is 2. The summed E-state index contributed by atoms with van der Waals surface area (Å²) in [6.07, 6.45) is -5.14. The molecule has 0 aromatic heterocycles. The molecule has 0 aliphatic rings. The third kappa shape index (κ3) is 2.97. The van der Waals surface area contributed by atoms with Crippen molar-refractivity contribution in [2.24, 2.45) is 0 Å². The van der Waals surface area contributed by atoms with E-state index in [9.17, 15) is 22.0 Å². The fourth-order valence-electron chi connectivity index (χ4n) is 0.868. The van der Waals surface area contributed by atoms with Crippen LogP contribution in [0.15, 0.2) is 12.1 Å². The van der Waals surface area contributed by atoms with Crippen molar-refractivity contribution in [3.05, 3.63) is 23.8 Å². The lowest BCUT2D eigenvalue weighted by Crippen LogP contribution is -2.19. The Labute approximate surface area is 81.2 Å². The van der Waals surface area contributed by atoms with Gasteiger partial charge in [0.15, 0.2) is 11.6 Å². The fourth-order valence-corrected chi connectivity index (χ4v) is 0.868. The lowest BCUT2D eigenvalue weighted by molar-refractivity contribution is -0.276. The van der Waals surface area contributed by atoms with E-state index in [1.165, 1.54) is 0 Å². The van der Waals surface area contributed by atoms with E-state index in [-0.39, 0.29) is 5.75 Å². The van der Waals surface area contributed by atoms with Crippen molar-refractivity contribution in [3.8, 4) is 11.5 Å². The highest BCUT2D eigenvalue weighted by molar-refractivity contribution is 5.34. The molecule has 2 nitrogen and oxygen atoms in total. The van der Waals surface area contributed by atoms with E-state index in [1.54, 1.807) is 0 Å². The summed E-state index contributed by atoms with van der Waals surface area (Å²) in [6.45, 7) is 0. The molecule has 0 unspecified atom stereocenters. The Morgan fingerprint density at radius 2 is 1.53 bits per heavy atom. The van der Waals surface area contributed by atoms with Gasteiger partial charge in [-0.05, 0) is 0 Å². The molecule has 0 amide bonds. The van der Waals surface area contributed by atoms with Crippen molar-refractivity contribution in [3.63, 3.8) is 0 Å². The van der Waals surface area contributed by atoms with Gasteiger partial charge in [0, 0.05) is 12.1 Å². The summed E-state index contributed by atoms with van der Waals surface area (Å²) in [6, 6.07) is 1.17. The van der Waals surface area contributed by atoms with Crippen molar-refractivity contribution in [2.75, 3.05) is 7.11 Å². The van der Waals surface area contributed by atoms with Crippen LogP contribution in [0.5, 0.6) is 11.5 Å². The zero-order valence-electron chi connectivity index (χ0n) is 7.36. The van der Waals surface area contributed by atoms with Gasteiger partial charge in [0.25, 0.3) is 0 Å². The third-order valence-corrected chi connectivity index (χ3v) is 1.43. The van der Waals surface area contributed by atoms with Gasteiger partial charge < -0.3 is 9.47 Å². The molecule has 0 bridgehead atoms. The molecule has 0 saturated carbocycles. The van der Waals surface area contributed by atoms with E-state index in [0.717, 1.165) is 7.11 Å². The average molecular weight is 228 g/mol. The first-order chi connectivity index (χ1) is 6.83. The highest BCUT2D eigenvalue weighted by Crippen LogP contribution is 2.31. The minimum absolute atomic E-state index is 0.237. The van der Waals surface area contributed by atoms with E-state index in [2.05, 4.69) is 9.47 Å². The summed E-state index contributed by atoms with van der Waals surface area (Å²) in [7, 11) is 1.12. The number of methoxy groups -OCH3 is 1. The third-order valence-electron chi connectivity index (χ3n) is 1.43. The Hall–Kier alpha value is -1.53. The summed E-state index contributed by atoms with van der Waals surface area (Å²) >= 11 is 0. The van der Waals surface area contributed by atoms with Gasteiger partial charge in [-0.3, -0.25) is 0 Å². The topological polar surface area (TPSA) is 18.5 Å². The average Bonchev–Trinajstić information content (AvgIpc) is 2.09. The van der Waals surface area contributed by atoms with Crippen molar-refractivity contribution in [1.29, 1.82) is 0 Å². The smallest absolute Gasteiger partial charge is 0.497 e. The van der Waals surface area contributed by atoms with E-state index in [0.29, 0.717) is 12.1 Å². The summed E-state index contributed by atoms with van der Waals surface area (Å²) < 4.78 is 68.5. The Morgan fingerprint density at radius 1 is 1.07 bits per heavy atom. The number of alkyl halides is 3. The fraction of sp³-hybridized carbons (Fsp3) is 0.250. The summed E-state index contributed by atoms with van der Waals surface area (Å²) in [5.74, 6) is -4.70. The quantitative estimate of drug-likeness (QED) is 0.724. The second-order valence-electron chi connectivity index (χ2n) is 2.47. The number of halogens is 5. The molecule has 1 aromatic rings. The minimum atomic E-state index is -5.14. The van der Waals surface area contributed by atoms with Crippen molar-refractivity contribution in [1.82, 2.24) is 0 Å². The van der Waals surface area contributed by atoms with Gasteiger partial charge in [0.1, 0.15) is 5.75 Å². The van der Waals surface area contributed by atoms with E-state index < -0.39 is 23.7 Å². The van der Waals surface area contributed by atoms with Gasteiger partial charge in [-0.15, -0.1) is 13.2 Å². The predicted molar refractivity (Wildman–Crippen MR) is 39.6 cm³/mol. The molecular weight excluding hydrogens is 223 g/mol. The van der Waals surface area contributed by atoms with Crippen LogP contribution in [0.2, 0.25) is 0 Å². The van der Waals surface area contributed by atoms with E-state index >= 15 is 0 Å². The largest absolute Gasteiger partial charge is 0.573 e. The first-order valence-corrected chi connectivity index (χ1v) is 3.62. The first-order valence-electron chi connectivity index (χ1n) is 3.62. The van der Waals surface area contributed by atoms with Gasteiger partial charge >= 0.3 is 6.36 Å². The van der Waals surface area contributed by atoms with Crippen LogP contribution >= 0.6 is 0 Å². The predicted octanol–water partition coefficient (Wildman–Crippen LogP) is 2.87. The summed E-state index contributed by atoms with van der Waals surface area (Å²) in [4.78, 5) is 0. The van der Waals surface area contributed by atoms with Gasteiger partial charge in [-0.1, -0.05) is 0 Å². The van der Waals surface area contributed by atoms with Crippen LogP contribution < -0.4 is 9.47 Å². The van der Waals surface area contributed by atoms with Crippen LogP contribution in [0.3, 0.4) is 0 Å². The van der Waals surface area contributed by atoms with Crippen molar-refractivity contribution in [2.45, 2.75) is 6.36 Å². The SMILES string of the molecule is COc1cc(F)c(OC(F)(F)F)c(F)c1. The molecule has 1 aromatic carbocycles. The highest BCUT2D eigenvalue weighted by Gasteiger charge is 2.34. The Morgan fingerprint density at radius 3 is 1.87 bits per heavy atom. The highest BCUT2D eigenvalue weighted by atomic mass is 19.4. The van der Waals surface area contributed by atoms with Gasteiger partial charge in [0.05, 0.1) is 7.11 Å². The van der Waals surface area contributed by atoms with Crippen LogP contribution in [-0.4, -0.2) is 13.5 Å². The lowest BCUT2D eigenvalue weighted by atomic mass is 10.3. The standard InChI is InChI=1S/C8H5F5O2/c1-14-4-2-5(9)7(6(10)3-4)15-8(11,12)13/h2-3H,1H3. The monoisotopic (exact) mass is 228 g/mol. The van der Waals surface area contributed by atoms with Crippen molar-refractivity contribution < 1.29 is 31.4 Å². The minimum Gasteiger partial charge on any atom is -0.497 e. The number of benzene rings is 1. The van der Waals surface area contributed by atoms with Crippen LogP contribution in [0.4, 0.5) is 22.0 Å². The summed E-state index contributed by atoms with van der Waals surface area (Å²) in [5.41, 5.74) is 0. The van der Waals surface area contributed by atoms with E-state index in [1.807, 2.05) is 0 Å². The number of hydrogen-bond acceptors (Lipinski definition) is 2. The van der Waals surface area contributed by atoms with Crippen LogP contribution in [0, 0.1) is 11.6 Å². The molecule has 0 atom stereocenters. The second kappa shape index (κ2) is 3.92. The zero-order chi connectivity index (χ0) is 11.6. The summed E-state index contributed by atoms with van der Waals surface area (Å²) in [5, 5.41) is 0. The first kappa shape index (κ1) is 11.5. The Kier molecular flexibility index (Phi) is 3.01. The Bertz CT molecular complexity index is 338. The molecule has 15 heavy (non-hydrogen) atoms. The lowest BCUT2D eigenvalue weighted by Gasteiger charge is -2.11. The second-order valence-corrected chi connectivity index (χ2v) is 2.47. The van der Waals surface area contributed by atoms with Crippen molar-refractivity contribution >= 4 is 0 Å². The number of hydrogen-bond donors (Lipinski definition) is 0. The molecule has 0 radical (unpaired) electrons.